The van der Waals surface area contributed by atoms with Crippen LogP contribution in [0.4, 0.5) is 5.69 Å². The topological polar surface area (TPSA) is 81.5 Å². The molecule has 1 aromatic heterocycles. The molecule has 0 fully saturated rings. The highest BCUT2D eigenvalue weighted by molar-refractivity contribution is 5.99. The number of para-hydroxylation sites is 1. The third-order valence-electron chi connectivity index (χ3n) is 5.57. The van der Waals surface area contributed by atoms with Crippen molar-refractivity contribution in [2.24, 2.45) is 0 Å². The summed E-state index contributed by atoms with van der Waals surface area (Å²) in [5.41, 5.74) is 2.68. The monoisotopic (exact) mass is 389 g/mol. The van der Waals surface area contributed by atoms with E-state index >= 15 is 0 Å². The number of carbonyl (C=O) groups excluding carboxylic acids is 2. The van der Waals surface area contributed by atoms with Gasteiger partial charge in [-0.05, 0) is 42.7 Å². The molecule has 29 heavy (non-hydrogen) atoms. The van der Waals surface area contributed by atoms with Crippen molar-refractivity contribution in [3.8, 4) is 0 Å². The Bertz CT molecular complexity index is 1210. The summed E-state index contributed by atoms with van der Waals surface area (Å²) >= 11 is 0. The molecule has 2 aromatic carbocycles. The Morgan fingerprint density at radius 1 is 1.07 bits per heavy atom. The van der Waals surface area contributed by atoms with Gasteiger partial charge in [-0.1, -0.05) is 18.2 Å². The van der Waals surface area contributed by atoms with E-state index < -0.39 is 5.97 Å². The molecule has 3 heterocycles. The van der Waals surface area contributed by atoms with Crippen molar-refractivity contribution in [1.82, 2.24) is 9.55 Å². The van der Waals surface area contributed by atoms with Gasteiger partial charge in [-0.15, -0.1) is 0 Å². The largest absolute Gasteiger partial charge is 0.452 e. The van der Waals surface area contributed by atoms with E-state index in [1.807, 2.05) is 24.3 Å². The van der Waals surface area contributed by atoms with Crippen molar-refractivity contribution in [2.45, 2.75) is 25.8 Å². The predicted molar refractivity (Wildman–Crippen MR) is 107 cm³/mol. The molecule has 0 radical (unpaired) electrons. The fourth-order valence-electron chi connectivity index (χ4n) is 4.10. The van der Waals surface area contributed by atoms with E-state index in [9.17, 15) is 14.4 Å². The van der Waals surface area contributed by atoms with Crippen LogP contribution >= 0.6 is 0 Å². The molecule has 5 rings (SSSR count). The first-order valence-electron chi connectivity index (χ1n) is 9.71. The van der Waals surface area contributed by atoms with Crippen molar-refractivity contribution in [1.29, 1.82) is 0 Å². The summed E-state index contributed by atoms with van der Waals surface area (Å²) in [7, 11) is 0. The van der Waals surface area contributed by atoms with Crippen LogP contribution < -0.4 is 10.5 Å². The number of carbonyl (C=O) groups is 2. The molecule has 2 aliphatic rings. The Hall–Kier alpha value is -3.48. The molecule has 1 amide bonds. The second-order valence-corrected chi connectivity index (χ2v) is 7.32. The molecule has 3 aromatic rings. The first-order valence-corrected chi connectivity index (χ1v) is 9.71. The van der Waals surface area contributed by atoms with Crippen molar-refractivity contribution in [3.63, 3.8) is 0 Å². The molecule has 0 unspecified atom stereocenters. The average Bonchev–Trinajstić information content (AvgIpc) is 3.38. The second kappa shape index (κ2) is 6.84. The number of hydrogen-bond donors (Lipinski definition) is 0. The lowest BCUT2D eigenvalue weighted by molar-refractivity contribution is -0.121. The number of amides is 1. The van der Waals surface area contributed by atoms with Gasteiger partial charge in [0.25, 0.3) is 11.5 Å². The molecule has 146 valence electrons. The third-order valence-corrected chi connectivity index (χ3v) is 5.57. The van der Waals surface area contributed by atoms with Gasteiger partial charge in [0.05, 0.1) is 16.5 Å². The zero-order valence-electron chi connectivity index (χ0n) is 15.8. The maximum absolute atomic E-state index is 12.5. The van der Waals surface area contributed by atoms with Crippen LogP contribution in [-0.2, 0) is 28.9 Å². The maximum Gasteiger partial charge on any atom is 0.338 e. The number of rotatable bonds is 3. The lowest BCUT2D eigenvalue weighted by Crippen LogP contribution is -2.33. The minimum absolute atomic E-state index is 0.0784. The minimum Gasteiger partial charge on any atom is -0.452 e. The molecule has 0 atom stereocenters. The van der Waals surface area contributed by atoms with Crippen LogP contribution in [0.25, 0.3) is 10.9 Å². The predicted octanol–water partition coefficient (Wildman–Crippen LogP) is 2.09. The van der Waals surface area contributed by atoms with Gasteiger partial charge < -0.3 is 9.64 Å². The van der Waals surface area contributed by atoms with Gasteiger partial charge in [-0.2, -0.15) is 0 Å². The number of aryl methyl sites for hydroxylation is 1. The standard InChI is InChI=1S/C22H19N3O4/c26-20(24-11-9-14-4-1-2-5-18(14)24)13-29-22(28)15-7-8-16-17(12-15)23-19-6-3-10-25(19)21(16)27/h1-2,4-5,7-8,12H,3,6,9-11,13H2. The molecule has 0 aliphatic carbocycles. The van der Waals surface area contributed by atoms with Crippen LogP contribution in [0.2, 0.25) is 0 Å². The van der Waals surface area contributed by atoms with Crippen LogP contribution in [-0.4, -0.2) is 34.6 Å². The van der Waals surface area contributed by atoms with E-state index in [1.165, 1.54) is 0 Å². The van der Waals surface area contributed by atoms with Gasteiger partial charge in [0, 0.05) is 25.2 Å². The Morgan fingerprint density at radius 2 is 1.93 bits per heavy atom. The summed E-state index contributed by atoms with van der Waals surface area (Å²) in [6.45, 7) is 0.943. The molecule has 0 saturated carbocycles. The van der Waals surface area contributed by atoms with Gasteiger partial charge in [0.1, 0.15) is 5.82 Å². The normalized spacial score (nSPS) is 14.7. The summed E-state index contributed by atoms with van der Waals surface area (Å²) < 4.78 is 6.94. The zero-order valence-corrected chi connectivity index (χ0v) is 15.8. The van der Waals surface area contributed by atoms with E-state index in [1.54, 1.807) is 27.7 Å². The van der Waals surface area contributed by atoms with Crippen molar-refractivity contribution in [3.05, 3.63) is 69.8 Å². The fourth-order valence-corrected chi connectivity index (χ4v) is 4.10. The van der Waals surface area contributed by atoms with Crippen LogP contribution in [0.5, 0.6) is 0 Å². The van der Waals surface area contributed by atoms with Gasteiger partial charge in [-0.3, -0.25) is 14.2 Å². The zero-order chi connectivity index (χ0) is 20.0. The summed E-state index contributed by atoms with van der Waals surface area (Å²) in [5, 5.41) is 0.483. The highest BCUT2D eigenvalue weighted by atomic mass is 16.5. The van der Waals surface area contributed by atoms with E-state index in [0.29, 0.717) is 24.0 Å². The van der Waals surface area contributed by atoms with Gasteiger partial charge in [0.15, 0.2) is 6.61 Å². The van der Waals surface area contributed by atoms with E-state index in [0.717, 1.165) is 36.3 Å². The molecule has 0 bridgehead atoms. The molecule has 0 N–H and O–H groups in total. The summed E-state index contributed by atoms with van der Waals surface area (Å²) in [4.78, 5) is 43.7. The third kappa shape index (κ3) is 2.99. The van der Waals surface area contributed by atoms with Crippen LogP contribution in [0.1, 0.15) is 28.2 Å². The highest BCUT2D eigenvalue weighted by Gasteiger charge is 2.25. The molecule has 0 spiro atoms. The Balaban J connectivity index is 1.32. The second-order valence-electron chi connectivity index (χ2n) is 7.32. The number of nitrogens with zero attached hydrogens (tertiary/aromatic N) is 3. The fraction of sp³-hybridized carbons (Fsp3) is 0.273. The lowest BCUT2D eigenvalue weighted by atomic mass is 10.1. The average molecular weight is 389 g/mol. The van der Waals surface area contributed by atoms with Crippen molar-refractivity contribution >= 4 is 28.5 Å². The number of anilines is 1. The number of benzene rings is 2. The quantitative estimate of drug-likeness (QED) is 0.641. The number of aromatic nitrogens is 2. The Morgan fingerprint density at radius 3 is 2.83 bits per heavy atom. The number of hydrogen-bond acceptors (Lipinski definition) is 5. The van der Waals surface area contributed by atoms with Crippen LogP contribution in [0.15, 0.2) is 47.3 Å². The van der Waals surface area contributed by atoms with E-state index in [2.05, 4.69) is 4.98 Å². The number of fused-ring (bicyclic) bond motifs is 3. The molecule has 0 saturated heterocycles. The summed E-state index contributed by atoms with van der Waals surface area (Å²) in [5.74, 6) is -0.107. The first-order chi connectivity index (χ1) is 14.1. The molecule has 7 nitrogen and oxygen atoms in total. The highest BCUT2D eigenvalue weighted by Crippen LogP contribution is 2.27. The summed E-state index contributed by atoms with van der Waals surface area (Å²) in [6, 6.07) is 12.4. The first kappa shape index (κ1) is 17.6. The van der Waals surface area contributed by atoms with Gasteiger partial charge >= 0.3 is 5.97 Å². The molecular weight excluding hydrogens is 370 g/mol. The van der Waals surface area contributed by atoms with Crippen molar-refractivity contribution in [2.75, 3.05) is 18.1 Å². The smallest absolute Gasteiger partial charge is 0.338 e. The SMILES string of the molecule is O=C(OCC(=O)N1CCc2ccccc21)c1ccc2c(=O)n3c(nc2c1)CCC3. The van der Waals surface area contributed by atoms with Gasteiger partial charge in [0.2, 0.25) is 0 Å². The van der Waals surface area contributed by atoms with Crippen molar-refractivity contribution < 1.29 is 14.3 Å². The maximum atomic E-state index is 12.5. The molecule has 7 heteroatoms. The lowest BCUT2D eigenvalue weighted by Gasteiger charge is -2.17. The number of esters is 1. The van der Waals surface area contributed by atoms with E-state index in [4.69, 9.17) is 4.74 Å². The molecule has 2 aliphatic heterocycles. The molecular formula is C22H19N3O4. The van der Waals surface area contributed by atoms with E-state index in [-0.39, 0.29) is 23.6 Å². The Kier molecular flexibility index (Phi) is 4.16. The summed E-state index contributed by atoms with van der Waals surface area (Å²) in [6.07, 6.45) is 2.45. The van der Waals surface area contributed by atoms with Crippen LogP contribution in [0.3, 0.4) is 0 Å². The van der Waals surface area contributed by atoms with Crippen LogP contribution in [0, 0.1) is 0 Å². The number of ether oxygens (including phenoxy) is 1. The van der Waals surface area contributed by atoms with Gasteiger partial charge in [-0.25, -0.2) is 9.78 Å². The minimum atomic E-state index is -0.602. The Labute approximate surface area is 166 Å².